The fourth-order valence-electron chi connectivity index (χ4n) is 4.17. The third-order valence-electron chi connectivity index (χ3n) is 5.34. The lowest BCUT2D eigenvalue weighted by molar-refractivity contribution is 0.0486. The van der Waals surface area contributed by atoms with Crippen molar-refractivity contribution >= 4 is 23.0 Å². The molecule has 1 saturated carbocycles. The first-order valence-corrected chi connectivity index (χ1v) is 10.9. The maximum absolute atomic E-state index is 12.3. The Kier molecular flexibility index (Phi) is 6.83. The first-order chi connectivity index (χ1) is 14.6. The minimum atomic E-state index is -0.532. The van der Waals surface area contributed by atoms with Crippen LogP contribution in [0.15, 0.2) is 12.3 Å². The zero-order chi connectivity index (χ0) is 22.8. The molecule has 4 N–H and O–H groups in total. The van der Waals surface area contributed by atoms with Crippen molar-refractivity contribution in [2.75, 3.05) is 0 Å². The molecule has 0 aromatic carbocycles. The van der Waals surface area contributed by atoms with Gasteiger partial charge in [-0.1, -0.05) is 13.8 Å². The Labute approximate surface area is 183 Å². The van der Waals surface area contributed by atoms with Crippen LogP contribution in [0.3, 0.4) is 0 Å². The molecule has 31 heavy (non-hydrogen) atoms. The third kappa shape index (κ3) is 5.72. The standard InChI is InChI=1S/C22H34N6O3/c1-13(2)9-19-26-17-12-24-16(20(29)27-23)11-18(17)28(19)15-8-6-7-14(10-15)25-21(30)31-22(3,4)5/h11-15H,6-10,23H2,1-5H3,(H,25,30)(H,27,29)/t14-,15+/m0/s1. The van der Waals surface area contributed by atoms with Crippen LogP contribution in [0.25, 0.3) is 11.0 Å². The van der Waals surface area contributed by atoms with Crippen LogP contribution in [0, 0.1) is 5.92 Å². The average Bonchev–Trinajstić information content (AvgIpc) is 3.02. The molecule has 2 aromatic rings. The summed E-state index contributed by atoms with van der Waals surface area (Å²) in [6.07, 6.45) is 5.69. The zero-order valence-corrected chi connectivity index (χ0v) is 19.1. The van der Waals surface area contributed by atoms with Gasteiger partial charge in [0.25, 0.3) is 5.91 Å². The SMILES string of the molecule is CC(C)Cc1nc2cnc(C(=O)NN)cc2n1[C@@H]1CCC[C@H](NC(=O)OC(C)(C)C)C1. The number of carbonyl (C=O) groups is 2. The molecule has 170 valence electrons. The van der Waals surface area contributed by atoms with Gasteiger partial charge in [0, 0.05) is 18.5 Å². The van der Waals surface area contributed by atoms with Gasteiger partial charge in [0.05, 0.1) is 11.7 Å². The summed E-state index contributed by atoms with van der Waals surface area (Å²) in [6, 6.07) is 1.93. The van der Waals surface area contributed by atoms with Crippen molar-refractivity contribution in [3.05, 3.63) is 23.8 Å². The number of aromatic nitrogens is 3. The monoisotopic (exact) mass is 430 g/mol. The van der Waals surface area contributed by atoms with Crippen LogP contribution < -0.4 is 16.6 Å². The summed E-state index contributed by atoms with van der Waals surface area (Å²) in [5, 5.41) is 3.03. The second kappa shape index (κ2) is 9.21. The number of nitrogens with zero attached hydrogens (tertiary/aromatic N) is 3. The van der Waals surface area contributed by atoms with E-state index in [2.05, 4.69) is 34.1 Å². The molecule has 0 radical (unpaired) electrons. The number of hydrazine groups is 1. The number of hydrogen-bond donors (Lipinski definition) is 3. The van der Waals surface area contributed by atoms with E-state index in [4.69, 9.17) is 15.6 Å². The van der Waals surface area contributed by atoms with Crippen LogP contribution in [-0.2, 0) is 11.2 Å². The van der Waals surface area contributed by atoms with Crippen LogP contribution in [0.1, 0.15) is 82.7 Å². The number of fused-ring (bicyclic) bond motifs is 1. The Morgan fingerprint density at radius 1 is 1.32 bits per heavy atom. The van der Waals surface area contributed by atoms with Crippen molar-refractivity contribution in [3.63, 3.8) is 0 Å². The van der Waals surface area contributed by atoms with Crippen LogP contribution in [0.5, 0.6) is 0 Å². The van der Waals surface area contributed by atoms with Gasteiger partial charge in [0.2, 0.25) is 0 Å². The highest BCUT2D eigenvalue weighted by Crippen LogP contribution is 2.33. The molecule has 0 unspecified atom stereocenters. The second-order valence-electron chi connectivity index (χ2n) is 9.69. The lowest BCUT2D eigenvalue weighted by atomic mass is 9.90. The fraction of sp³-hybridized carbons (Fsp3) is 0.636. The molecule has 0 aliphatic heterocycles. The molecule has 0 saturated heterocycles. The highest BCUT2D eigenvalue weighted by Gasteiger charge is 2.29. The van der Waals surface area contributed by atoms with Crippen LogP contribution in [0.2, 0.25) is 0 Å². The van der Waals surface area contributed by atoms with Gasteiger partial charge in [-0.05, 0) is 58.4 Å². The molecular formula is C22H34N6O3. The predicted molar refractivity (Wildman–Crippen MR) is 118 cm³/mol. The van der Waals surface area contributed by atoms with E-state index in [0.29, 0.717) is 5.92 Å². The van der Waals surface area contributed by atoms with Crippen molar-refractivity contribution in [1.82, 2.24) is 25.3 Å². The van der Waals surface area contributed by atoms with Gasteiger partial charge >= 0.3 is 6.09 Å². The largest absolute Gasteiger partial charge is 0.444 e. The minimum absolute atomic E-state index is 0.0200. The van der Waals surface area contributed by atoms with Gasteiger partial charge < -0.3 is 14.6 Å². The Morgan fingerprint density at radius 3 is 2.71 bits per heavy atom. The fourth-order valence-corrected chi connectivity index (χ4v) is 4.17. The highest BCUT2D eigenvalue weighted by molar-refractivity contribution is 5.94. The van der Waals surface area contributed by atoms with E-state index in [9.17, 15) is 9.59 Å². The van der Waals surface area contributed by atoms with E-state index >= 15 is 0 Å². The quantitative estimate of drug-likeness (QED) is 0.380. The number of rotatable bonds is 5. The lowest BCUT2D eigenvalue weighted by Gasteiger charge is -2.32. The van der Waals surface area contributed by atoms with Crippen molar-refractivity contribution in [1.29, 1.82) is 0 Å². The van der Waals surface area contributed by atoms with Crippen LogP contribution in [0.4, 0.5) is 4.79 Å². The van der Waals surface area contributed by atoms with Crippen molar-refractivity contribution in [2.24, 2.45) is 11.8 Å². The summed E-state index contributed by atoms with van der Waals surface area (Å²) in [7, 11) is 0. The lowest BCUT2D eigenvalue weighted by Crippen LogP contribution is -2.42. The third-order valence-corrected chi connectivity index (χ3v) is 5.34. The van der Waals surface area contributed by atoms with E-state index in [1.807, 2.05) is 20.8 Å². The minimum Gasteiger partial charge on any atom is -0.444 e. The van der Waals surface area contributed by atoms with E-state index in [1.54, 1.807) is 12.3 Å². The highest BCUT2D eigenvalue weighted by atomic mass is 16.6. The second-order valence-corrected chi connectivity index (χ2v) is 9.69. The summed E-state index contributed by atoms with van der Waals surface area (Å²) in [5.74, 6) is 6.26. The molecule has 2 atom stereocenters. The molecule has 2 heterocycles. The number of pyridine rings is 1. The number of nitrogens with two attached hydrogens (primary N) is 1. The molecule has 9 nitrogen and oxygen atoms in total. The number of amides is 2. The summed E-state index contributed by atoms with van der Waals surface area (Å²) < 4.78 is 7.66. The topological polar surface area (TPSA) is 124 Å². The predicted octanol–water partition coefficient (Wildman–Crippen LogP) is 3.24. The van der Waals surface area contributed by atoms with E-state index in [-0.39, 0.29) is 23.9 Å². The van der Waals surface area contributed by atoms with Gasteiger partial charge in [-0.2, -0.15) is 0 Å². The number of hydrogen-bond acceptors (Lipinski definition) is 6. The van der Waals surface area contributed by atoms with Crippen LogP contribution >= 0.6 is 0 Å². The summed E-state index contributed by atoms with van der Waals surface area (Å²) in [6.45, 7) is 9.88. The molecule has 9 heteroatoms. The summed E-state index contributed by atoms with van der Waals surface area (Å²) in [4.78, 5) is 33.3. The average molecular weight is 431 g/mol. The Morgan fingerprint density at radius 2 is 2.06 bits per heavy atom. The normalized spacial score (nSPS) is 19.5. The smallest absolute Gasteiger partial charge is 0.407 e. The number of alkyl carbamates (subject to hydrolysis) is 1. The molecule has 0 bridgehead atoms. The van der Waals surface area contributed by atoms with E-state index in [1.165, 1.54) is 0 Å². The maximum Gasteiger partial charge on any atom is 0.407 e. The molecule has 2 amide bonds. The van der Waals surface area contributed by atoms with E-state index in [0.717, 1.165) is 49.0 Å². The number of nitrogen functional groups attached to an aromatic ring is 1. The molecule has 2 aromatic heterocycles. The van der Waals surface area contributed by atoms with Gasteiger partial charge in [0.15, 0.2) is 0 Å². The number of nitrogens with one attached hydrogen (secondary N) is 2. The zero-order valence-electron chi connectivity index (χ0n) is 19.1. The molecular weight excluding hydrogens is 396 g/mol. The van der Waals surface area contributed by atoms with Crippen molar-refractivity contribution < 1.29 is 14.3 Å². The van der Waals surface area contributed by atoms with Gasteiger partial charge in [-0.3, -0.25) is 10.2 Å². The van der Waals surface area contributed by atoms with Gasteiger partial charge in [-0.25, -0.2) is 20.6 Å². The number of ether oxygens (including phenoxy) is 1. The molecule has 1 fully saturated rings. The Bertz CT molecular complexity index is 947. The van der Waals surface area contributed by atoms with Gasteiger partial charge in [0.1, 0.15) is 22.6 Å². The Balaban J connectivity index is 1.91. The molecule has 0 spiro atoms. The first-order valence-electron chi connectivity index (χ1n) is 10.9. The maximum atomic E-state index is 12.3. The van der Waals surface area contributed by atoms with E-state index < -0.39 is 11.5 Å². The molecule has 1 aliphatic carbocycles. The first kappa shape index (κ1) is 23.0. The number of carbonyl (C=O) groups excluding carboxylic acids is 2. The van der Waals surface area contributed by atoms with Gasteiger partial charge in [-0.15, -0.1) is 0 Å². The molecule has 3 rings (SSSR count). The number of imidazole rings is 1. The molecule has 1 aliphatic rings. The Hall–Kier alpha value is -2.68. The summed E-state index contributed by atoms with van der Waals surface area (Å²) in [5.41, 5.74) is 3.49. The van der Waals surface area contributed by atoms with Crippen molar-refractivity contribution in [2.45, 2.75) is 84.4 Å². The van der Waals surface area contributed by atoms with Crippen LogP contribution in [-0.4, -0.2) is 38.2 Å². The summed E-state index contributed by atoms with van der Waals surface area (Å²) >= 11 is 0. The van der Waals surface area contributed by atoms with Crippen molar-refractivity contribution in [3.8, 4) is 0 Å².